The van der Waals surface area contributed by atoms with Crippen LogP contribution < -0.4 is 24.8 Å². The lowest BCUT2D eigenvalue weighted by atomic mass is 10.1. The molecule has 29 heavy (non-hydrogen) atoms. The van der Waals surface area contributed by atoms with Crippen molar-refractivity contribution >= 4 is 17.5 Å². The second-order valence-corrected chi connectivity index (χ2v) is 6.31. The Hall–Kier alpha value is -3.22. The SMILES string of the molecule is CCOc1ccc(CCNC(=O)C(=O)Nc2cc(C)ccc2OC)cc1OCC. The number of carbonyl (C=O) groups is 2. The van der Waals surface area contributed by atoms with E-state index in [1.165, 1.54) is 7.11 Å². The average molecular weight is 400 g/mol. The standard InChI is InChI=1S/C22H28N2O5/c1-5-28-19-10-8-16(14-20(19)29-6-2)11-12-23-21(25)22(26)24-17-13-15(3)7-9-18(17)27-4/h7-10,13-14H,5-6,11-12H2,1-4H3,(H,23,25)(H,24,26). The van der Waals surface area contributed by atoms with Gasteiger partial charge in [-0.05, 0) is 62.6 Å². The molecule has 156 valence electrons. The van der Waals surface area contributed by atoms with Gasteiger partial charge in [0.15, 0.2) is 11.5 Å². The fourth-order valence-electron chi connectivity index (χ4n) is 2.75. The predicted molar refractivity (Wildman–Crippen MR) is 112 cm³/mol. The molecular formula is C22H28N2O5. The summed E-state index contributed by atoms with van der Waals surface area (Å²) in [5.41, 5.74) is 2.38. The van der Waals surface area contributed by atoms with Crippen molar-refractivity contribution in [3.05, 3.63) is 47.5 Å². The first kappa shape index (κ1) is 22.1. The first-order chi connectivity index (χ1) is 14.0. The summed E-state index contributed by atoms with van der Waals surface area (Å²) in [7, 11) is 1.51. The van der Waals surface area contributed by atoms with Crippen LogP contribution in [0.3, 0.4) is 0 Å². The third kappa shape index (κ3) is 6.41. The third-order valence-electron chi connectivity index (χ3n) is 4.12. The molecule has 0 fully saturated rings. The van der Waals surface area contributed by atoms with E-state index in [0.717, 1.165) is 11.1 Å². The summed E-state index contributed by atoms with van der Waals surface area (Å²) >= 11 is 0. The lowest BCUT2D eigenvalue weighted by Gasteiger charge is -2.13. The molecule has 2 aromatic rings. The number of anilines is 1. The normalized spacial score (nSPS) is 10.2. The monoisotopic (exact) mass is 400 g/mol. The number of ether oxygens (including phenoxy) is 3. The molecule has 0 atom stereocenters. The average Bonchev–Trinajstić information content (AvgIpc) is 2.70. The van der Waals surface area contributed by atoms with Gasteiger partial charge in [-0.2, -0.15) is 0 Å². The maximum absolute atomic E-state index is 12.2. The van der Waals surface area contributed by atoms with Crippen LogP contribution >= 0.6 is 0 Å². The molecule has 0 aliphatic rings. The zero-order valence-corrected chi connectivity index (χ0v) is 17.3. The van der Waals surface area contributed by atoms with Gasteiger partial charge in [-0.1, -0.05) is 12.1 Å². The van der Waals surface area contributed by atoms with Crippen molar-refractivity contribution in [2.75, 3.05) is 32.2 Å². The van der Waals surface area contributed by atoms with Crippen LogP contribution in [0.2, 0.25) is 0 Å². The molecule has 0 bridgehead atoms. The first-order valence-electron chi connectivity index (χ1n) is 9.60. The fourth-order valence-corrected chi connectivity index (χ4v) is 2.75. The molecule has 0 radical (unpaired) electrons. The Morgan fingerprint density at radius 2 is 1.59 bits per heavy atom. The minimum atomic E-state index is -0.740. The molecule has 7 nitrogen and oxygen atoms in total. The van der Waals surface area contributed by atoms with E-state index >= 15 is 0 Å². The third-order valence-corrected chi connectivity index (χ3v) is 4.12. The van der Waals surface area contributed by atoms with Crippen LogP contribution in [0.5, 0.6) is 17.2 Å². The number of amides is 2. The zero-order valence-electron chi connectivity index (χ0n) is 17.3. The number of carbonyl (C=O) groups excluding carboxylic acids is 2. The van der Waals surface area contributed by atoms with Crippen LogP contribution in [0.25, 0.3) is 0 Å². The highest BCUT2D eigenvalue weighted by atomic mass is 16.5. The van der Waals surface area contributed by atoms with E-state index in [1.54, 1.807) is 12.1 Å². The molecule has 0 aliphatic carbocycles. The summed E-state index contributed by atoms with van der Waals surface area (Å²) in [5.74, 6) is 0.408. The number of benzene rings is 2. The molecule has 0 aliphatic heterocycles. The van der Waals surface area contributed by atoms with E-state index in [-0.39, 0.29) is 0 Å². The summed E-state index contributed by atoms with van der Waals surface area (Å²) in [6.45, 7) is 7.11. The predicted octanol–water partition coefficient (Wildman–Crippen LogP) is 3.10. The van der Waals surface area contributed by atoms with Crippen LogP contribution in [-0.4, -0.2) is 38.7 Å². The summed E-state index contributed by atoms with van der Waals surface area (Å²) in [6.07, 6.45) is 0.555. The van der Waals surface area contributed by atoms with Gasteiger partial charge >= 0.3 is 11.8 Å². The Labute approximate surface area is 171 Å². The maximum Gasteiger partial charge on any atom is 0.313 e. The Kier molecular flexibility index (Phi) is 8.33. The fraction of sp³-hybridized carbons (Fsp3) is 0.364. The van der Waals surface area contributed by atoms with Gasteiger partial charge < -0.3 is 24.8 Å². The second kappa shape index (κ2) is 10.9. The van der Waals surface area contributed by atoms with Gasteiger partial charge in [-0.15, -0.1) is 0 Å². The Balaban J connectivity index is 1.91. The number of hydrogen-bond acceptors (Lipinski definition) is 5. The quantitative estimate of drug-likeness (QED) is 0.632. The minimum Gasteiger partial charge on any atom is -0.495 e. The Morgan fingerprint density at radius 1 is 0.897 bits per heavy atom. The molecule has 0 saturated heterocycles. The molecule has 2 amide bonds. The number of hydrogen-bond donors (Lipinski definition) is 2. The van der Waals surface area contributed by atoms with Gasteiger partial charge in [0, 0.05) is 6.54 Å². The van der Waals surface area contributed by atoms with Gasteiger partial charge in [0.2, 0.25) is 0 Å². The van der Waals surface area contributed by atoms with Gasteiger partial charge in [-0.3, -0.25) is 9.59 Å². The van der Waals surface area contributed by atoms with E-state index in [4.69, 9.17) is 14.2 Å². The molecule has 7 heteroatoms. The van der Waals surface area contributed by atoms with E-state index in [1.807, 2.05) is 45.0 Å². The first-order valence-corrected chi connectivity index (χ1v) is 9.60. The molecule has 0 aromatic heterocycles. The molecule has 0 heterocycles. The number of aryl methyl sites for hydroxylation is 1. The van der Waals surface area contributed by atoms with Crippen molar-refractivity contribution in [1.82, 2.24) is 5.32 Å². The molecule has 0 saturated carbocycles. The molecule has 2 aromatic carbocycles. The van der Waals surface area contributed by atoms with Crippen molar-refractivity contribution in [1.29, 1.82) is 0 Å². The molecule has 0 unspecified atom stereocenters. The maximum atomic E-state index is 12.2. The number of methoxy groups -OCH3 is 1. The van der Waals surface area contributed by atoms with Crippen LogP contribution in [0.1, 0.15) is 25.0 Å². The summed E-state index contributed by atoms with van der Waals surface area (Å²) in [6, 6.07) is 11.0. The lowest BCUT2D eigenvalue weighted by Crippen LogP contribution is -2.36. The number of nitrogens with one attached hydrogen (secondary N) is 2. The summed E-state index contributed by atoms with van der Waals surface area (Å²) in [4.78, 5) is 24.3. The highest BCUT2D eigenvalue weighted by Crippen LogP contribution is 2.28. The lowest BCUT2D eigenvalue weighted by molar-refractivity contribution is -0.136. The van der Waals surface area contributed by atoms with E-state index < -0.39 is 11.8 Å². The van der Waals surface area contributed by atoms with Crippen LogP contribution in [0, 0.1) is 6.92 Å². The molecule has 0 spiro atoms. The topological polar surface area (TPSA) is 85.9 Å². The zero-order chi connectivity index (χ0) is 21.2. The van der Waals surface area contributed by atoms with Gasteiger partial charge in [0.1, 0.15) is 5.75 Å². The van der Waals surface area contributed by atoms with Gasteiger partial charge in [-0.25, -0.2) is 0 Å². The van der Waals surface area contributed by atoms with Crippen molar-refractivity contribution in [2.24, 2.45) is 0 Å². The minimum absolute atomic E-state index is 0.316. The van der Waals surface area contributed by atoms with Gasteiger partial charge in [0.05, 0.1) is 26.0 Å². The number of rotatable bonds is 9. The highest BCUT2D eigenvalue weighted by molar-refractivity contribution is 6.39. The van der Waals surface area contributed by atoms with Crippen molar-refractivity contribution < 1.29 is 23.8 Å². The van der Waals surface area contributed by atoms with E-state index in [2.05, 4.69) is 10.6 Å². The van der Waals surface area contributed by atoms with Crippen molar-refractivity contribution in [2.45, 2.75) is 27.2 Å². The van der Waals surface area contributed by atoms with Crippen molar-refractivity contribution in [3.63, 3.8) is 0 Å². The highest BCUT2D eigenvalue weighted by Gasteiger charge is 2.16. The second-order valence-electron chi connectivity index (χ2n) is 6.31. The Morgan fingerprint density at radius 3 is 2.28 bits per heavy atom. The van der Waals surface area contributed by atoms with Crippen molar-refractivity contribution in [3.8, 4) is 17.2 Å². The molecule has 2 N–H and O–H groups in total. The molecular weight excluding hydrogens is 372 g/mol. The summed E-state index contributed by atoms with van der Waals surface area (Å²) < 4.78 is 16.4. The van der Waals surface area contributed by atoms with Crippen LogP contribution in [-0.2, 0) is 16.0 Å². The van der Waals surface area contributed by atoms with Crippen LogP contribution in [0.4, 0.5) is 5.69 Å². The summed E-state index contributed by atoms with van der Waals surface area (Å²) in [5, 5.41) is 5.22. The van der Waals surface area contributed by atoms with E-state index in [9.17, 15) is 9.59 Å². The smallest absolute Gasteiger partial charge is 0.313 e. The largest absolute Gasteiger partial charge is 0.495 e. The Bertz CT molecular complexity index is 851. The van der Waals surface area contributed by atoms with Crippen LogP contribution in [0.15, 0.2) is 36.4 Å². The molecule has 2 rings (SSSR count). The van der Waals surface area contributed by atoms with Gasteiger partial charge in [0.25, 0.3) is 0 Å². The van der Waals surface area contributed by atoms with E-state index in [0.29, 0.717) is 49.1 Å².